The van der Waals surface area contributed by atoms with E-state index in [0.29, 0.717) is 5.56 Å². The Morgan fingerprint density at radius 2 is 2.13 bits per heavy atom. The highest BCUT2D eigenvalue weighted by Gasteiger charge is 2.11. The minimum atomic E-state index is -0.644. The van der Waals surface area contributed by atoms with E-state index in [1.807, 2.05) is 11.9 Å². The van der Waals surface area contributed by atoms with Crippen molar-refractivity contribution < 1.29 is 9.50 Å². The molecule has 1 aromatic rings. The predicted octanol–water partition coefficient (Wildman–Crippen LogP) is 2.73. The van der Waals surface area contributed by atoms with Crippen molar-refractivity contribution in [2.75, 3.05) is 18.5 Å². The Morgan fingerprint density at radius 3 is 2.67 bits per heavy atom. The monoisotopic (exact) mass is 211 g/mol. The average molecular weight is 211 g/mol. The highest BCUT2D eigenvalue weighted by molar-refractivity contribution is 5.54. The molecule has 0 amide bonds. The number of nitrogens with zero attached hydrogens (tertiary/aromatic N) is 1. The zero-order valence-electron chi connectivity index (χ0n) is 9.50. The summed E-state index contributed by atoms with van der Waals surface area (Å²) in [6, 6.07) is 4.53. The quantitative estimate of drug-likeness (QED) is 0.827. The lowest BCUT2D eigenvalue weighted by Crippen LogP contribution is -2.20. The number of hydrogen-bond donors (Lipinski definition) is 1. The van der Waals surface area contributed by atoms with E-state index in [-0.39, 0.29) is 5.82 Å². The molecule has 0 saturated heterocycles. The molecule has 2 nitrogen and oxygen atoms in total. The summed E-state index contributed by atoms with van der Waals surface area (Å²) < 4.78 is 13.0. The summed E-state index contributed by atoms with van der Waals surface area (Å²) in [6.45, 7) is 4.63. The second kappa shape index (κ2) is 5.12. The van der Waals surface area contributed by atoms with Crippen LogP contribution < -0.4 is 4.90 Å². The van der Waals surface area contributed by atoms with E-state index in [1.54, 1.807) is 13.0 Å². The molecule has 0 spiro atoms. The average Bonchev–Trinajstić information content (AvgIpc) is 2.17. The van der Waals surface area contributed by atoms with Gasteiger partial charge >= 0.3 is 0 Å². The van der Waals surface area contributed by atoms with Crippen molar-refractivity contribution in [2.45, 2.75) is 26.4 Å². The molecule has 1 aromatic carbocycles. The Labute approximate surface area is 90.3 Å². The summed E-state index contributed by atoms with van der Waals surface area (Å²) in [6.07, 6.45) is 0.377. The summed E-state index contributed by atoms with van der Waals surface area (Å²) in [4.78, 5) is 2.03. The van der Waals surface area contributed by atoms with Gasteiger partial charge in [0.05, 0.1) is 6.10 Å². The lowest BCUT2D eigenvalue weighted by Gasteiger charge is -2.23. The van der Waals surface area contributed by atoms with Crippen LogP contribution in [-0.4, -0.2) is 18.7 Å². The van der Waals surface area contributed by atoms with Crippen LogP contribution in [0.1, 0.15) is 31.9 Å². The second-order valence-corrected chi connectivity index (χ2v) is 3.80. The minimum absolute atomic E-state index is 0.306. The Kier molecular flexibility index (Phi) is 4.09. The minimum Gasteiger partial charge on any atom is -0.389 e. The summed E-state index contributed by atoms with van der Waals surface area (Å²) in [5, 5.41) is 9.55. The van der Waals surface area contributed by atoms with Crippen LogP contribution in [0.5, 0.6) is 0 Å². The van der Waals surface area contributed by atoms with Gasteiger partial charge in [-0.3, -0.25) is 0 Å². The molecule has 0 aromatic heterocycles. The lowest BCUT2D eigenvalue weighted by atomic mass is 10.1. The Morgan fingerprint density at radius 1 is 1.47 bits per heavy atom. The molecule has 1 N–H and O–H groups in total. The molecule has 1 rings (SSSR count). The van der Waals surface area contributed by atoms with Crippen molar-refractivity contribution in [3.63, 3.8) is 0 Å². The fourth-order valence-corrected chi connectivity index (χ4v) is 1.66. The topological polar surface area (TPSA) is 23.5 Å². The maximum Gasteiger partial charge on any atom is 0.123 e. The van der Waals surface area contributed by atoms with E-state index < -0.39 is 6.10 Å². The van der Waals surface area contributed by atoms with Crippen molar-refractivity contribution in [2.24, 2.45) is 0 Å². The Hall–Kier alpha value is -1.09. The van der Waals surface area contributed by atoms with E-state index in [2.05, 4.69) is 6.92 Å². The zero-order chi connectivity index (χ0) is 11.4. The predicted molar refractivity (Wildman–Crippen MR) is 60.6 cm³/mol. The van der Waals surface area contributed by atoms with Crippen LogP contribution in [-0.2, 0) is 0 Å². The van der Waals surface area contributed by atoms with E-state index in [9.17, 15) is 9.50 Å². The van der Waals surface area contributed by atoms with Crippen LogP contribution in [0.4, 0.5) is 10.1 Å². The second-order valence-electron chi connectivity index (χ2n) is 3.80. The van der Waals surface area contributed by atoms with Gasteiger partial charge in [-0.05, 0) is 31.5 Å². The van der Waals surface area contributed by atoms with Gasteiger partial charge in [0.1, 0.15) is 5.82 Å². The molecule has 0 radical (unpaired) electrons. The van der Waals surface area contributed by atoms with Crippen molar-refractivity contribution in [1.29, 1.82) is 0 Å². The number of hydrogen-bond acceptors (Lipinski definition) is 2. The van der Waals surface area contributed by atoms with Crippen LogP contribution >= 0.6 is 0 Å². The fourth-order valence-electron chi connectivity index (χ4n) is 1.66. The van der Waals surface area contributed by atoms with Crippen molar-refractivity contribution in [3.05, 3.63) is 29.6 Å². The number of aliphatic hydroxyl groups is 1. The summed E-state index contributed by atoms with van der Waals surface area (Å²) in [5.74, 6) is -0.306. The zero-order valence-corrected chi connectivity index (χ0v) is 9.50. The van der Waals surface area contributed by atoms with Crippen LogP contribution in [0.3, 0.4) is 0 Å². The highest BCUT2D eigenvalue weighted by Crippen LogP contribution is 2.26. The largest absolute Gasteiger partial charge is 0.389 e. The number of anilines is 1. The number of aliphatic hydroxyl groups excluding tert-OH is 1. The molecular weight excluding hydrogens is 193 g/mol. The third kappa shape index (κ3) is 2.93. The first-order valence-corrected chi connectivity index (χ1v) is 5.25. The number of rotatable bonds is 4. The third-order valence-corrected chi connectivity index (χ3v) is 2.41. The molecule has 0 aliphatic carbocycles. The Bertz CT molecular complexity index is 325. The molecule has 0 saturated carbocycles. The molecular formula is C12H18FNO. The maximum atomic E-state index is 13.0. The van der Waals surface area contributed by atoms with Crippen molar-refractivity contribution in [1.82, 2.24) is 0 Å². The molecule has 15 heavy (non-hydrogen) atoms. The summed E-state index contributed by atoms with van der Waals surface area (Å²) in [5.41, 5.74) is 1.54. The smallest absolute Gasteiger partial charge is 0.123 e. The number of halogens is 1. The Balaban J connectivity index is 3.05. The first kappa shape index (κ1) is 12.0. The molecule has 0 heterocycles. The van der Waals surface area contributed by atoms with Gasteiger partial charge in [0, 0.05) is 24.8 Å². The van der Waals surface area contributed by atoms with Gasteiger partial charge < -0.3 is 10.0 Å². The van der Waals surface area contributed by atoms with Crippen LogP contribution in [0, 0.1) is 5.82 Å². The standard InChI is InChI=1S/C12H18FNO/c1-4-7-14(3)12-6-5-10(13)8-11(12)9(2)15/h5-6,8-9,15H,4,7H2,1-3H3. The first-order valence-electron chi connectivity index (χ1n) is 5.25. The SMILES string of the molecule is CCCN(C)c1ccc(F)cc1C(C)O. The number of benzene rings is 1. The first-order chi connectivity index (χ1) is 7.06. The van der Waals surface area contributed by atoms with Gasteiger partial charge in [0.15, 0.2) is 0 Å². The molecule has 84 valence electrons. The molecule has 0 aliphatic heterocycles. The maximum absolute atomic E-state index is 13.0. The van der Waals surface area contributed by atoms with Gasteiger partial charge in [-0.2, -0.15) is 0 Å². The van der Waals surface area contributed by atoms with Crippen LogP contribution in [0.25, 0.3) is 0 Å². The molecule has 0 fully saturated rings. The molecule has 3 heteroatoms. The van der Waals surface area contributed by atoms with Gasteiger partial charge in [-0.1, -0.05) is 6.92 Å². The summed E-state index contributed by atoms with van der Waals surface area (Å²) >= 11 is 0. The van der Waals surface area contributed by atoms with Gasteiger partial charge in [-0.25, -0.2) is 4.39 Å². The molecule has 1 unspecified atom stereocenters. The molecule has 0 bridgehead atoms. The van der Waals surface area contributed by atoms with E-state index in [0.717, 1.165) is 18.7 Å². The van der Waals surface area contributed by atoms with E-state index >= 15 is 0 Å². The lowest BCUT2D eigenvalue weighted by molar-refractivity contribution is 0.199. The van der Waals surface area contributed by atoms with Crippen molar-refractivity contribution >= 4 is 5.69 Å². The van der Waals surface area contributed by atoms with Gasteiger partial charge in [0.25, 0.3) is 0 Å². The van der Waals surface area contributed by atoms with E-state index in [4.69, 9.17) is 0 Å². The van der Waals surface area contributed by atoms with Gasteiger partial charge in [0.2, 0.25) is 0 Å². The van der Waals surface area contributed by atoms with Crippen molar-refractivity contribution in [3.8, 4) is 0 Å². The molecule has 0 aliphatic rings. The molecule has 1 atom stereocenters. The van der Waals surface area contributed by atoms with Gasteiger partial charge in [-0.15, -0.1) is 0 Å². The van der Waals surface area contributed by atoms with Crippen LogP contribution in [0.15, 0.2) is 18.2 Å². The van der Waals surface area contributed by atoms with Crippen LogP contribution in [0.2, 0.25) is 0 Å². The third-order valence-electron chi connectivity index (χ3n) is 2.41. The van der Waals surface area contributed by atoms with E-state index in [1.165, 1.54) is 12.1 Å². The summed E-state index contributed by atoms with van der Waals surface area (Å²) in [7, 11) is 1.95. The fraction of sp³-hybridized carbons (Fsp3) is 0.500. The normalized spacial score (nSPS) is 12.6. The highest BCUT2D eigenvalue weighted by atomic mass is 19.1.